The van der Waals surface area contributed by atoms with Crippen molar-refractivity contribution in [1.29, 1.82) is 0 Å². The number of carbonyl (C=O) groups is 1. The molecule has 1 saturated heterocycles. The van der Waals surface area contributed by atoms with E-state index in [9.17, 15) is 13.2 Å². The van der Waals surface area contributed by atoms with Gasteiger partial charge >= 0.3 is 0 Å². The molecular weight excluding hydrogens is 374 g/mol. The van der Waals surface area contributed by atoms with E-state index in [2.05, 4.69) is 5.32 Å². The van der Waals surface area contributed by atoms with Crippen LogP contribution >= 0.6 is 0 Å². The van der Waals surface area contributed by atoms with Crippen molar-refractivity contribution < 1.29 is 13.2 Å². The van der Waals surface area contributed by atoms with E-state index < -0.39 is 10.2 Å². The third-order valence-electron chi connectivity index (χ3n) is 8.26. The first-order valence-electron chi connectivity index (χ1n) is 11.6. The first kappa shape index (κ1) is 19.3. The van der Waals surface area contributed by atoms with Crippen molar-refractivity contribution >= 4 is 16.1 Å². The van der Waals surface area contributed by atoms with Crippen molar-refractivity contribution in [3.05, 3.63) is 0 Å². The zero-order valence-electron chi connectivity index (χ0n) is 16.9. The fraction of sp³-hybridized carbons (Fsp3) is 0.952. The molecule has 0 atom stereocenters. The summed E-state index contributed by atoms with van der Waals surface area (Å²) in [6, 6.07) is 0.413. The average Bonchev–Trinajstić information content (AvgIpc) is 2.66. The van der Waals surface area contributed by atoms with Gasteiger partial charge in [-0.25, -0.2) is 0 Å². The van der Waals surface area contributed by atoms with Crippen LogP contribution in [-0.2, 0) is 15.0 Å². The van der Waals surface area contributed by atoms with E-state index in [1.807, 2.05) is 0 Å². The Morgan fingerprint density at radius 1 is 0.857 bits per heavy atom. The molecule has 6 nitrogen and oxygen atoms in total. The van der Waals surface area contributed by atoms with Crippen molar-refractivity contribution in [2.75, 3.05) is 19.6 Å². The van der Waals surface area contributed by atoms with E-state index in [4.69, 9.17) is 0 Å². The summed E-state index contributed by atoms with van der Waals surface area (Å²) >= 11 is 0. The Morgan fingerprint density at radius 3 is 2.14 bits per heavy atom. The Bertz CT molecular complexity index is 676. The SMILES string of the molecule is O=C(CN1CCCN(C2CCCCC2)S1(=O)=O)NC1C2CC3CC(C2)CC1C3. The monoisotopic (exact) mass is 409 g/mol. The summed E-state index contributed by atoms with van der Waals surface area (Å²) in [4.78, 5) is 12.8. The maximum absolute atomic E-state index is 13.2. The van der Waals surface area contributed by atoms with Gasteiger partial charge in [-0.05, 0) is 75.0 Å². The molecule has 5 saturated carbocycles. The van der Waals surface area contributed by atoms with E-state index in [0.29, 0.717) is 24.9 Å². The van der Waals surface area contributed by atoms with Crippen LogP contribution in [0.25, 0.3) is 0 Å². The predicted molar refractivity (Wildman–Crippen MR) is 108 cm³/mol. The molecule has 1 aliphatic heterocycles. The molecule has 28 heavy (non-hydrogen) atoms. The second kappa shape index (κ2) is 7.55. The summed E-state index contributed by atoms with van der Waals surface area (Å²) in [7, 11) is -3.51. The van der Waals surface area contributed by atoms with Crippen LogP contribution in [0.1, 0.15) is 70.6 Å². The smallest absolute Gasteiger partial charge is 0.282 e. The largest absolute Gasteiger partial charge is 0.352 e. The quantitative estimate of drug-likeness (QED) is 0.776. The molecule has 0 aromatic carbocycles. The van der Waals surface area contributed by atoms with Crippen LogP contribution in [0.15, 0.2) is 0 Å². The molecule has 1 amide bonds. The summed E-state index contributed by atoms with van der Waals surface area (Å²) in [6.07, 6.45) is 12.6. The number of nitrogens with one attached hydrogen (secondary N) is 1. The minimum atomic E-state index is -3.51. The van der Waals surface area contributed by atoms with Gasteiger partial charge in [0.15, 0.2) is 0 Å². The van der Waals surface area contributed by atoms with Gasteiger partial charge in [-0.3, -0.25) is 4.79 Å². The van der Waals surface area contributed by atoms with Gasteiger partial charge in [-0.2, -0.15) is 17.0 Å². The first-order valence-corrected chi connectivity index (χ1v) is 13.0. The van der Waals surface area contributed by atoms with Gasteiger partial charge < -0.3 is 5.32 Å². The van der Waals surface area contributed by atoms with Crippen LogP contribution in [0.5, 0.6) is 0 Å². The number of nitrogens with zero attached hydrogens (tertiary/aromatic N) is 2. The molecule has 5 aliphatic carbocycles. The lowest BCUT2D eigenvalue weighted by Gasteiger charge is -2.54. The summed E-state index contributed by atoms with van der Waals surface area (Å²) in [6.45, 7) is 1.08. The van der Waals surface area contributed by atoms with E-state index in [1.165, 1.54) is 42.8 Å². The minimum Gasteiger partial charge on any atom is -0.352 e. The van der Waals surface area contributed by atoms with Gasteiger partial charge in [0.2, 0.25) is 5.91 Å². The molecule has 4 bridgehead atoms. The van der Waals surface area contributed by atoms with Gasteiger partial charge in [0, 0.05) is 25.2 Å². The Hall–Kier alpha value is -0.660. The lowest BCUT2D eigenvalue weighted by Crippen LogP contribution is -2.59. The number of hydrogen-bond donors (Lipinski definition) is 1. The van der Waals surface area contributed by atoms with Crippen molar-refractivity contribution in [1.82, 2.24) is 13.9 Å². The minimum absolute atomic E-state index is 0.00560. The van der Waals surface area contributed by atoms with E-state index >= 15 is 0 Å². The molecular formula is C21H35N3O3S. The number of carbonyl (C=O) groups excluding carboxylic acids is 1. The molecule has 6 aliphatic rings. The van der Waals surface area contributed by atoms with E-state index in [1.54, 1.807) is 4.31 Å². The lowest BCUT2D eigenvalue weighted by molar-refractivity contribution is -0.125. The highest BCUT2D eigenvalue weighted by Crippen LogP contribution is 2.53. The fourth-order valence-corrected chi connectivity index (χ4v) is 9.12. The van der Waals surface area contributed by atoms with Gasteiger partial charge in [-0.15, -0.1) is 0 Å². The number of hydrogen-bond acceptors (Lipinski definition) is 3. The van der Waals surface area contributed by atoms with Crippen LogP contribution in [0.4, 0.5) is 0 Å². The summed E-state index contributed by atoms with van der Waals surface area (Å²) in [5.41, 5.74) is 0. The summed E-state index contributed by atoms with van der Waals surface area (Å²) in [5.74, 6) is 2.91. The zero-order valence-corrected chi connectivity index (χ0v) is 17.7. The maximum atomic E-state index is 13.2. The van der Waals surface area contributed by atoms with Crippen LogP contribution in [0.3, 0.4) is 0 Å². The van der Waals surface area contributed by atoms with Crippen LogP contribution < -0.4 is 5.32 Å². The molecule has 0 unspecified atom stereocenters. The first-order chi connectivity index (χ1) is 13.5. The van der Waals surface area contributed by atoms with Crippen molar-refractivity contribution in [3.8, 4) is 0 Å². The molecule has 158 valence electrons. The van der Waals surface area contributed by atoms with Crippen molar-refractivity contribution in [2.24, 2.45) is 23.7 Å². The van der Waals surface area contributed by atoms with Gasteiger partial charge in [-0.1, -0.05) is 19.3 Å². The third-order valence-corrected chi connectivity index (χ3v) is 10.3. The van der Waals surface area contributed by atoms with Gasteiger partial charge in [0.05, 0.1) is 6.54 Å². The van der Waals surface area contributed by atoms with Gasteiger partial charge in [0.25, 0.3) is 10.2 Å². The Labute approximate surface area is 169 Å². The molecule has 0 radical (unpaired) electrons. The Balaban J connectivity index is 1.22. The molecule has 6 rings (SSSR count). The third kappa shape index (κ3) is 3.52. The zero-order chi connectivity index (χ0) is 19.3. The number of rotatable bonds is 4. The highest BCUT2D eigenvalue weighted by Gasteiger charge is 2.49. The second-order valence-electron chi connectivity index (χ2n) is 10.1. The lowest BCUT2D eigenvalue weighted by atomic mass is 9.54. The predicted octanol–water partition coefficient (Wildman–Crippen LogP) is 2.51. The summed E-state index contributed by atoms with van der Waals surface area (Å²) in [5, 5.41) is 3.28. The van der Waals surface area contributed by atoms with Crippen LogP contribution in [-0.4, -0.2) is 54.7 Å². The van der Waals surface area contributed by atoms with Crippen LogP contribution in [0.2, 0.25) is 0 Å². The Kier molecular flexibility index (Phi) is 5.21. The van der Waals surface area contributed by atoms with E-state index in [-0.39, 0.29) is 24.5 Å². The second-order valence-corrected chi connectivity index (χ2v) is 12.0. The normalized spacial score (nSPS) is 41.2. The summed E-state index contributed by atoms with van der Waals surface area (Å²) < 4.78 is 29.5. The molecule has 0 spiro atoms. The van der Waals surface area contributed by atoms with Crippen molar-refractivity contribution in [2.45, 2.75) is 82.7 Å². The van der Waals surface area contributed by atoms with Gasteiger partial charge in [0.1, 0.15) is 0 Å². The molecule has 6 fully saturated rings. The molecule has 1 heterocycles. The maximum Gasteiger partial charge on any atom is 0.282 e. The average molecular weight is 410 g/mol. The topological polar surface area (TPSA) is 69.7 Å². The van der Waals surface area contributed by atoms with E-state index in [0.717, 1.165) is 43.9 Å². The Morgan fingerprint density at radius 2 is 1.50 bits per heavy atom. The standard InChI is InChI=1S/C21H35N3O3S/c25-20(22-21-17-10-15-9-16(12-17)13-18(21)11-15)14-23-7-4-8-24(28(23,26)27)19-5-2-1-3-6-19/h15-19,21H,1-14H2,(H,22,25). The molecule has 1 N–H and O–H groups in total. The highest BCUT2D eigenvalue weighted by molar-refractivity contribution is 7.86. The van der Waals surface area contributed by atoms with Crippen molar-refractivity contribution in [3.63, 3.8) is 0 Å². The molecule has 0 aromatic heterocycles. The molecule has 7 heteroatoms. The number of amides is 1. The highest BCUT2D eigenvalue weighted by atomic mass is 32.2. The van der Waals surface area contributed by atoms with Crippen LogP contribution in [0, 0.1) is 23.7 Å². The fourth-order valence-electron chi connectivity index (χ4n) is 7.24. The molecule has 0 aromatic rings.